The van der Waals surface area contributed by atoms with Crippen LogP contribution in [-0.4, -0.2) is 29.7 Å². The summed E-state index contributed by atoms with van der Waals surface area (Å²) in [7, 11) is 0. The van der Waals surface area contributed by atoms with Crippen molar-refractivity contribution in [3.8, 4) is 0 Å². The van der Waals surface area contributed by atoms with Gasteiger partial charge in [-0.1, -0.05) is 35.9 Å². The van der Waals surface area contributed by atoms with Crippen LogP contribution in [0.2, 0.25) is 5.02 Å². The average Bonchev–Trinajstić information content (AvgIpc) is 2.97. The number of nitrogens with zero attached hydrogens (tertiary/aromatic N) is 2. The Kier molecular flexibility index (Phi) is 4.95. The zero-order valence-corrected chi connectivity index (χ0v) is 17.6. The lowest BCUT2D eigenvalue weighted by Gasteiger charge is -2.39. The van der Waals surface area contributed by atoms with Crippen LogP contribution in [0.25, 0.3) is 0 Å². The standard InChI is InChI=1S/C22H25ClN2O4/c1-21(2,3)29-20(26)24-12-9-22(10-13-24)17-7-5-4-6-16(17)19(28-22)18-14-15(23)8-11-25(18)27/h4-8,11,14,19H,9-10,12-13H2,1-3H3. The third-order valence-electron chi connectivity index (χ3n) is 5.48. The second-order valence-corrected chi connectivity index (χ2v) is 9.08. The number of carbonyl (C=O) groups excluding carboxylic acids is 1. The number of aromatic nitrogens is 1. The number of fused-ring (bicyclic) bond motifs is 2. The number of pyridine rings is 1. The van der Waals surface area contributed by atoms with Gasteiger partial charge < -0.3 is 19.6 Å². The van der Waals surface area contributed by atoms with E-state index in [1.165, 1.54) is 6.20 Å². The monoisotopic (exact) mass is 416 g/mol. The number of hydrogen-bond donors (Lipinski definition) is 0. The second-order valence-electron chi connectivity index (χ2n) is 8.64. The number of hydrogen-bond acceptors (Lipinski definition) is 4. The molecule has 0 radical (unpaired) electrons. The number of rotatable bonds is 1. The molecule has 0 aliphatic carbocycles. The molecule has 2 aromatic rings. The summed E-state index contributed by atoms with van der Waals surface area (Å²) in [5, 5.41) is 12.9. The molecule has 1 atom stereocenters. The Morgan fingerprint density at radius 2 is 1.97 bits per heavy atom. The fourth-order valence-corrected chi connectivity index (χ4v) is 4.31. The van der Waals surface area contributed by atoms with Crippen LogP contribution in [0.4, 0.5) is 4.79 Å². The van der Waals surface area contributed by atoms with Gasteiger partial charge in [0.25, 0.3) is 0 Å². The summed E-state index contributed by atoms with van der Waals surface area (Å²) in [6, 6.07) is 11.2. The van der Waals surface area contributed by atoms with E-state index in [-0.39, 0.29) is 6.09 Å². The molecule has 0 saturated carbocycles. The van der Waals surface area contributed by atoms with E-state index in [2.05, 4.69) is 6.07 Å². The Bertz CT molecular complexity index is 933. The van der Waals surface area contributed by atoms with Crippen LogP contribution in [0.3, 0.4) is 0 Å². The summed E-state index contributed by atoms with van der Waals surface area (Å²) in [6.45, 7) is 6.65. The van der Waals surface area contributed by atoms with E-state index in [4.69, 9.17) is 21.1 Å². The first kappa shape index (κ1) is 20.0. The lowest BCUT2D eigenvalue weighted by Crippen LogP contribution is -2.47. The molecule has 1 fully saturated rings. The summed E-state index contributed by atoms with van der Waals surface area (Å²) in [6.07, 6.45) is 1.89. The SMILES string of the molecule is CC(C)(C)OC(=O)N1CCC2(CC1)OC(c1cc(Cl)cc[n+]1[O-])c1ccccc12. The van der Waals surface area contributed by atoms with Gasteiger partial charge >= 0.3 is 6.09 Å². The van der Waals surface area contributed by atoms with Crippen molar-refractivity contribution in [2.45, 2.75) is 50.9 Å². The highest BCUT2D eigenvalue weighted by molar-refractivity contribution is 6.30. The van der Waals surface area contributed by atoms with Gasteiger partial charge in [-0.05, 0) is 44.7 Å². The molecule has 0 N–H and O–H groups in total. The molecule has 154 valence electrons. The van der Waals surface area contributed by atoms with Crippen molar-refractivity contribution in [3.63, 3.8) is 0 Å². The van der Waals surface area contributed by atoms with Crippen molar-refractivity contribution in [3.05, 3.63) is 69.6 Å². The number of halogens is 1. The van der Waals surface area contributed by atoms with E-state index < -0.39 is 17.3 Å². The summed E-state index contributed by atoms with van der Waals surface area (Å²) < 4.78 is 12.9. The first-order valence-corrected chi connectivity index (χ1v) is 10.2. The molecule has 0 bridgehead atoms. The van der Waals surface area contributed by atoms with E-state index in [0.717, 1.165) is 15.9 Å². The number of amides is 1. The molecule has 1 aromatic carbocycles. The number of likely N-dealkylation sites (tertiary alicyclic amines) is 1. The molecule has 1 saturated heterocycles. The third kappa shape index (κ3) is 3.79. The van der Waals surface area contributed by atoms with Crippen LogP contribution in [-0.2, 0) is 15.1 Å². The van der Waals surface area contributed by atoms with E-state index in [9.17, 15) is 10.0 Å². The molecule has 29 heavy (non-hydrogen) atoms. The van der Waals surface area contributed by atoms with Crippen LogP contribution in [0.1, 0.15) is 56.5 Å². The van der Waals surface area contributed by atoms with Gasteiger partial charge in [0.15, 0.2) is 12.3 Å². The maximum absolute atomic E-state index is 12.4. The van der Waals surface area contributed by atoms with Gasteiger partial charge in [0.2, 0.25) is 5.69 Å². The van der Waals surface area contributed by atoms with Gasteiger partial charge in [0, 0.05) is 25.2 Å². The predicted octanol–water partition coefficient (Wildman–Crippen LogP) is 4.32. The molecule has 7 heteroatoms. The summed E-state index contributed by atoms with van der Waals surface area (Å²) in [5.74, 6) is 0. The Morgan fingerprint density at radius 3 is 2.66 bits per heavy atom. The van der Waals surface area contributed by atoms with E-state index >= 15 is 0 Å². The number of ether oxygens (including phenoxy) is 2. The lowest BCUT2D eigenvalue weighted by molar-refractivity contribution is -0.618. The van der Waals surface area contributed by atoms with E-state index in [0.29, 0.717) is 36.6 Å². The second kappa shape index (κ2) is 7.18. The molecular formula is C22H25ClN2O4. The summed E-state index contributed by atoms with van der Waals surface area (Å²) >= 11 is 6.14. The van der Waals surface area contributed by atoms with Crippen LogP contribution in [0.15, 0.2) is 42.6 Å². The smallest absolute Gasteiger partial charge is 0.410 e. The fourth-order valence-electron chi connectivity index (χ4n) is 4.15. The minimum absolute atomic E-state index is 0.303. The molecule has 1 spiro atoms. The average molecular weight is 417 g/mol. The molecular weight excluding hydrogens is 392 g/mol. The maximum atomic E-state index is 12.4. The molecule has 1 amide bonds. The zero-order chi connectivity index (χ0) is 20.8. The van der Waals surface area contributed by atoms with Crippen LogP contribution >= 0.6 is 11.6 Å². The van der Waals surface area contributed by atoms with Gasteiger partial charge in [-0.15, -0.1) is 0 Å². The molecule has 2 aliphatic heterocycles. The van der Waals surface area contributed by atoms with Crippen LogP contribution in [0, 0.1) is 5.21 Å². The van der Waals surface area contributed by atoms with Crippen LogP contribution < -0.4 is 4.73 Å². The van der Waals surface area contributed by atoms with E-state index in [1.54, 1.807) is 17.0 Å². The van der Waals surface area contributed by atoms with Gasteiger partial charge in [0.1, 0.15) is 5.60 Å². The molecule has 2 aliphatic rings. The molecule has 6 nitrogen and oxygen atoms in total. The van der Waals surface area contributed by atoms with E-state index in [1.807, 2.05) is 39.0 Å². The first-order valence-electron chi connectivity index (χ1n) is 9.82. The number of carbonyl (C=O) groups is 1. The Labute approximate surface area is 175 Å². The maximum Gasteiger partial charge on any atom is 0.410 e. The lowest BCUT2D eigenvalue weighted by atomic mass is 9.83. The van der Waals surface area contributed by atoms with Crippen molar-refractivity contribution in [2.75, 3.05) is 13.1 Å². The van der Waals surface area contributed by atoms with Crippen molar-refractivity contribution in [2.24, 2.45) is 0 Å². The van der Waals surface area contributed by atoms with Crippen molar-refractivity contribution in [1.29, 1.82) is 0 Å². The van der Waals surface area contributed by atoms with Crippen LogP contribution in [0.5, 0.6) is 0 Å². The summed E-state index contributed by atoms with van der Waals surface area (Å²) in [5.41, 5.74) is 1.47. The highest BCUT2D eigenvalue weighted by atomic mass is 35.5. The molecule has 4 rings (SSSR count). The third-order valence-corrected chi connectivity index (χ3v) is 5.71. The Balaban J connectivity index is 1.60. The summed E-state index contributed by atoms with van der Waals surface area (Å²) in [4.78, 5) is 14.2. The largest absolute Gasteiger partial charge is 0.618 e. The minimum Gasteiger partial charge on any atom is -0.618 e. The predicted molar refractivity (Wildman–Crippen MR) is 109 cm³/mol. The van der Waals surface area contributed by atoms with Gasteiger partial charge in [0.05, 0.1) is 10.6 Å². The molecule has 1 unspecified atom stereocenters. The van der Waals surface area contributed by atoms with Gasteiger partial charge in [-0.2, -0.15) is 4.73 Å². The zero-order valence-electron chi connectivity index (χ0n) is 16.9. The highest BCUT2D eigenvalue weighted by Gasteiger charge is 2.49. The Morgan fingerprint density at radius 1 is 1.28 bits per heavy atom. The highest BCUT2D eigenvalue weighted by Crippen LogP contribution is 2.51. The fraction of sp³-hybridized carbons (Fsp3) is 0.455. The normalized spacial score (nSPS) is 20.6. The first-order chi connectivity index (χ1) is 13.7. The van der Waals surface area contributed by atoms with Gasteiger partial charge in [-0.25, -0.2) is 4.79 Å². The topological polar surface area (TPSA) is 65.7 Å². The van der Waals surface area contributed by atoms with Crippen molar-refractivity contribution < 1.29 is 19.0 Å². The minimum atomic E-state index is -0.533. The van der Waals surface area contributed by atoms with Crippen molar-refractivity contribution in [1.82, 2.24) is 4.90 Å². The molecule has 3 heterocycles. The number of piperidine rings is 1. The van der Waals surface area contributed by atoms with Gasteiger partial charge in [-0.3, -0.25) is 0 Å². The van der Waals surface area contributed by atoms with Crippen molar-refractivity contribution >= 4 is 17.7 Å². The number of benzene rings is 1. The Hall–Kier alpha value is -2.31. The quantitative estimate of drug-likeness (QED) is 0.513. The molecule has 1 aromatic heterocycles.